The third-order valence-corrected chi connectivity index (χ3v) is 7.05. The predicted molar refractivity (Wildman–Crippen MR) is 152 cm³/mol. The first-order chi connectivity index (χ1) is 16.5. The molecule has 0 aromatic heterocycles. The SMILES string of the molecule is CCN(CC)CCCCCCC(COC(=O)c1ccc(Cl)cc1Cl)c1cccc2ccccc12.Cl. The van der Waals surface area contributed by atoms with Gasteiger partial charge in [0.15, 0.2) is 0 Å². The van der Waals surface area contributed by atoms with E-state index < -0.39 is 5.97 Å². The Bertz CT molecular complexity index is 1060. The fourth-order valence-corrected chi connectivity index (χ4v) is 4.95. The van der Waals surface area contributed by atoms with E-state index in [4.69, 9.17) is 27.9 Å². The second kappa shape index (κ2) is 15.4. The molecule has 0 spiro atoms. The molecule has 3 nitrogen and oxygen atoms in total. The molecule has 0 aliphatic rings. The Morgan fingerprint density at radius 2 is 1.63 bits per heavy atom. The van der Waals surface area contributed by atoms with E-state index in [0.29, 0.717) is 22.2 Å². The van der Waals surface area contributed by atoms with Gasteiger partial charge >= 0.3 is 5.97 Å². The summed E-state index contributed by atoms with van der Waals surface area (Å²) in [7, 11) is 0. The summed E-state index contributed by atoms with van der Waals surface area (Å²) in [5.74, 6) is -0.282. The standard InChI is InChI=1S/C29H35Cl2NO2.ClH/c1-3-32(4-2)19-10-6-5-7-13-23(26-16-11-14-22-12-8-9-15-25(22)26)21-34-29(33)27-18-17-24(30)20-28(27)31;/h8-9,11-12,14-18,20,23H,3-7,10,13,19,21H2,1-2H3;1H. The number of ether oxygens (including phenoxy) is 1. The largest absolute Gasteiger partial charge is 0.461 e. The van der Waals surface area contributed by atoms with Crippen molar-refractivity contribution in [2.45, 2.75) is 51.9 Å². The number of fused-ring (bicyclic) bond motifs is 1. The number of hydrogen-bond acceptors (Lipinski definition) is 3. The lowest BCUT2D eigenvalue weighted by Gasteiger charge is -2.20. The summed E-state index contributed by atoms with van der Waals surface area (Å²) in [6.07, 6.45) is 5.70. The molecule has 0 radical (unpaired) electrons. The molecule has 0 heterocycles. The van der Waals surface area contributed by atoms with Crippen LogP contribution in [0.4, 0.5) is 0 Å². The first kappa shape index (κ1) is 29.5. The number of nitrogens with zero attached hydrogens (tertiary/aromatic N) is 1. The Morgan fingerprint density at radius 3 is 2.37 bits per heavy atom. The molecule has 3 rings (SSSR count). The van der Waals surface area contributed by atoms with Gasteiger partial charge < -0.3 is 9.64 Å². The van der Waals surface area contributed by atoms with Crippen LogP contribution in [0.25, 0.3) is 10.8 Å². The topological polar surface area (TPSA) is 29.5 Å². The lowest BCUT2D eigenvalue weighted by atomic mass is 9.89. The van der Waals surface area contributed by atoms with Gasteiger partial charge in [0.2, 0.25) is 0 Å². The molecule has 6 heteroatoms. The number of unbranched alkanes of at least 4 members (excludes halogenated alkanes) is 3. The fourth-order valence-electron chi connectivity index (χ4n) is 4.46. The predicted octanol–water partition coefficient (Wildman–Crippen LogP) is 8.80. The highest BCUT2D eigenvalue weighted by molar-refractivity contribution is 6.36. The summed E-state index contributed by atoms with van der Waals surface area (Å²) in [6, 6.07) is 19.6. The van der Waals surface area contributed by atoms with Crippen molar-refractivity contribution in [1.29, 1.82) is 0 Å². The second-order valence-electron chi connectivity index (χ2n) is 8.72. The normalized spacial score (nSPS) is 11.9. The quantitative estimate of drug-likeness (QED) is 0.161. The van der Waals surface area contributed by atoms with Crippen molar-refractivity contribution in [3.8, 4) is 0 Å². The zero-order chi connectivity index (χ0) is 24.3. The lowest BCUT2D eigenvalue weighted by Crippen LogP contribution is -2.23. The monoisotopic (exact) mass is 535 g/mol. The van der Waals surface area contributed by atoms with Gasteiger partial charge in [-0.25, -0.2) is 4.79 Å². The zero-order valence-corrected chi connectivity index (χ0v) is 23.0. The first-order valence-electron chi connectivity index (χ1n) is 12.4. The van der Waals surface area contributed by atoms with Crippen LogP contribution in [0.1, 0.15) is 67.8 Å². The molecule has 1 unspecified atom stereocenters. The van der Waals surface area contributed by atoms with Gasteiger partial charge in [-0.05, 0) is 67.0 Å². The van der Waals surface area contributed by atoms with Crippen molar-refractivity contribution in [3.63, 3.8) is 0 Å². The smallest absolute Gasteiger partial charge is 0.339 e. The number of carbonyl (C=O) groups is 1. The maximum Gasteiger partial charge on any atom is 0.339 e. The summed E-state index contributed by atoms with van der Waals surface area (Å²) >= 11 is 12.2. The molecule has 1 atom stereocenters. The molecule has 0 bridgehead atoms. The van der Waals surface area contributed by atoms with Gasteiger partial charge in [-0.3, -0.25) is 0 Å². The highest BCUT2D eigenvalue weighted by atomic mass is 35.5. The summed E-state index contributed by atoms with van der Waals surface area (Å²) < 4.78 is 5.78. The van der Waals surface area contributed by atoms with Gasteiger partial charge in [-0.1, -0.05) is 98.8 Å². The van der Waals surface area contributed by atoms with Crippen LogP contribution < -0.4 is 0 Å². The van der Waals surface area contributed by atoms with E-state index in [1.54, 1.807) is 18.2 Å². The van der Waals surface area contributed by atoms with Gasteiger partial charge in [0.25, 0.3) is 0 Å². The summed E-state index contributed by atoms with van der Waals surface area (Å²) in [6.45, 7) is 8.16. The minimum atomic E-state index is -0.411. The van der Waals surface area contributed by atoms with Crippen LogP contribution in [-0.4, -0.2) is 37.1 Å². The molecule has 0 aliphatic carbocycles. The Kier molecular flexibility index (Phi) is 12.9. The number of hydrogen-bond donors (Lipinski definition) is 0. The average molecular weight is 537 g/mol. The van der Waals surface area contributed by atoms with E-state index in [1.165, 1.54) is 42.1 Å². The van der Waals surface area contributed by atoms with Gasteiger partial charge in [0, 0.05) is 10.9 Å². The molecule has 0 fully saturated rings. The molecular weight excluding hydrogens is 501 g/mol. The van der Waals surface area contributed by atoms with Crippen molar-refractivity contribution in [3.05, 3.63) is 81.8 Å². The molecule has 0 saturated heterocycles. The molecule has 0 saturated carbocycles. The van der Waals surface area contributed by atoms with E-state index >= 15 is 0 Å². The summed E-state index contributed by atoms with van der Waals surface area (Å²) in [4.78, 5) is 15.2. The first-order valence-corrected chi connectivity index (χ1v) is 13.1. The number of esters is 1. The van der Waals surface area contributed by atoms with Crippen molar-refractivity contribution < 1.29 is 9.53 Å². The number of halogens is 3. The molecule has 3 aromatic rings. The van der Waals surface area contributed by atoms with Gasteiger partial charge in [0.1, 0.15) is 0 Å². The molecule has 0 aliphatic heterocycles. The van der Waals surface area contributed by atoms with Crippen LogP contribution >= 0.6 is 35.6 Å². The number of rotatable bonds is 13. The van der Waals surface area contributed by atoms with Crippen LogP contribution in [0.15, 0.2) is 60.7 Å². The van der Waals surface area contributed by atoms with Crippen molar-refractivity contribution in [1.82, 2.24) is 4.90 Å². The van der Waals surface area contributed by atoms with Crippen molar-refractivity contribution in [2.24, 2.45) is 0 Å². The van der Waals surface area contributed by atoms with E-state index in [9.17, 15) is 4.79 Å². The highest BCUT2D eigenvalue weighted by Gasteiger charge is 2.19. The van der Waals surface area contributed by atoms with Gasteiger partial charge in [-0.15, -0.1) is 12.4 Å². The van der Waals surface area contributed by atoms with Crippen LogP contribution in [0.5, 0.6) is 0 Å². The third-order valence-electron chi connectivity index (χ3n) is 6.50. The maximum absolute atomic E-state index is 12.8. The lowest BCUT2D eigenvalue weighted by molar-refractivity contribution is 0.0475. The summed E-state index contributed by atoms with van der Waals surface area (Å²) in [5, 5.41) is 3.23. The minimum absolute atomic E-state index is 0. The zero-order valence-electron chi connectivity index (χ0n) is 20.6. The number of benzene rings is 3. The summed E-state index contributed by atoms with van der Waals surface area (Å²) in [5.41, 5.74) is 1.58. The average Bonchev–Trinajstić information content (AvgIpc) is 2.85. The Morgan fingerprint density at radius 1 is 0.914 bits per heavy atom. The van der Waals surface area contributed by atoms with Gasteiger partial charge in [-0.2, -0.15) is 0 Å². The number of carbonyl (C=O) groups excluding carboxylic acids is 1. The van der Waals surface area contributed by atoms with Crippen LogP contribution in [0.3, 0.4) is 0 Å². The van der Waals surface area contributed by atoms with E-state index in [-0.39, 0.29) is 18.3 Å². The van der Waals surface area contributed by atoms with E-state index in [1.807, 2.05) is 0 Å². The molecule has 0 amide bonds. The van der Waals surface area contributed by atoms with Crippen LogP contribution in [0, 0.1) is 0 Å². The Labute approximate surface area is 226 Å². The van der Waals surface area contributed by atoms with Crippen LogP contribution in [-0.2, 0) is 4.74 Å². The maximum atomic E-state index is 12.8. The third kappa shape index (κ3) is 8.68. The highest BCUT2D eigenvalue weighted by Crippen LogP contribution is 2.31. The Balaban J connectivity index is 0.00000432. The van der Waals surface area contributed by atoms with Crippen molar-refractivity contribution >= 4 is 52.4 Å². The minimum Gasteiger partial charge on any atom is -0.461 e. The fraction of sp³-hybridized carbons (Fsp3) is 0.414. The molecule has 0 N–H and O–H groups in total. The van der Waals surface area contributed by atoms with Crippen molar-refractivity contribution in [2.75, 3.05) is 26.2 Å². The van der Waals surface area contributed by atoms with Crippen LogP contribution in [0.2, 0.25) is 10.0 Å². The molecule has 35 heavy (non-hydrogen) atoms. The van der Waals surface area contributed by atoms with Gasteiger partial charge in [0.05, 0.1) is 17.2 Å². The molecule has 190 valence electrons. The molecule has 3 aromatic carbocycles. The molecular formula is C29H36Cl3NO2. The van der Waals surface area contributed by atoms with E-state index in [2.05, 4.69) is 61.2 Å². The Hall–Kier alpha value is -1.78. The second-order valence-corrected chi connectivity index (χ2v) is 9.56. The van der Waals surface area contributed by atoms with E-state index in [0.717, 1.165) is 25.9 Å².